The van der Waals surface area contributed by atoms with Crippen LogP contribution in [0.5, 0.6) is 0 Å². The Kier molecular flexibility index (Phi) is 4.33. The number of hydrazine groups is 1. The zero-order chi connectivity index (χ0) is 17.9. The van der Waals surface area contributed by atoms with Crippen molar-refractivity contribution in [2.75, 3.05) is 6.54 Å². The quantitative estimate of drug-likeness (QED) is 0.713. The molecule has 0 bridgehead atoms. The molecule has 2 N–H and O–H groups in total. The molecule has 0 saturated heterocycles. The van der Waals surface area contributed by atoms with E-state index in [0.29, 0.717) is 23.8 Å². The molecular formula is C20H19N5O. The third-order valence-corrected chi connectivity index (χ3v) is 4.25. The third-order valence-electron chi connectivity index (χ3n) is 4.25. The van der Waals surface area contributed by atoms with Gasteiger partial charge in [0.05, 0.1) is 6.54 Å². The van der Waals surface area contributed by atoms with Crippen LogP contribution < -0.4 is 5.43 Å². The lowest BCUT2D eigenvalue weighted by Gasteiger charge is -2.30. The van der Waals surface area contributed by atoms with Crippen molar-refractivity contribution in [3.05, 3.63) is 83.0 Å². The molecular weight excluding hydrogens is 326 g/mol. The lowest BCUT2D eigenvalue weighted by Crippen LogP contribution is -2.48. The van der Waals surface area contributed by atoms with E-state index in [4.69, 9.17) is 0 Å². The molecule has 2 heterocycles. The molecule has 0 aliphatic carbocycles. The van der Waals surface area contributed by atoms with Gasteiger partial charge < -0.3 is 5.43 Å². The maximum atomic E-state index is 12.6. The number of carbonyl (C=O) groups is 1. The second-order valence-electron chi connectivity index (χ2n) is 6.28. The monoisotopic (exact) mass is 345 g/mol. The first kappa shape index (κ1) is 16.2. The van der Waals surface area contributed by atoms with Gasteiger partial charge in [-0.15, -0.1) is 0 Å². The van der Waals surface area contributed by atoms with Crippen molar-refractivity contribution in [1.82, 2.24) is 20.6 Å². The number of rotatable bonds is 4. The standard InChI is InChI=1S/C20H19N5O/c1-14-11-19(23-22-14)21-20-17-10-6-5-9-16(17)12-25(24-20)13-18(26)15-7-3-2-4-8-15/h2-11H,12-13H2,1H3,(H2,21,22,23,24). The highest BCUT2D eigenvalue weighted by Crippen LogP contribution is 2.19. The summed E-state index contributed by atoms with van der Waals surface area (Å²) >= 11 is 0. The SMILES string of the molecule is Cc1cc(N=C2NN(CC(=O)c3ccccc3)Cc3ccccc32)n[nH]1. The molecule has 2 aromatic carbocycles. The number of fused-ring (bicyclic) bond motifs is 1. The van der Waals surface area contributed by atoms with Crippen molar-refractivity contribution in [3.63, 3.8) is 0 Å². The molecule has 130 valence electrons. The number of ketones is 1. The maximum Gasteiger partial charge on any atom is 0.178 e. The van der Waals surface area contributed by atoms with E-state index in [1.165, 1.54) is 0 Å². The molecule has 1 aromatic heterocycles. The van der Waals surface area contributed by atoms with E-state index in [1.54, 1.807) is 0 Å². The van der Waals surface area contributed by atoms with Crippen molar-refractivity contribution < 1.29 is 4.79 Å². The summed E-state index contributed by atoms with van der Waals surface area (Å²) in [4.78, 5) is 17.2. The molecule has 26 heavy (non-hydrogen) atoms. The molecule has 0 unspecified atom stereocenters. The molecule has 0 amide bonds. The van der Waals surface area contributed by atoms with Gasteiger partial charge in [-0.05, 0) is 12.5 Å². The van der Waals surface area contributed by atoms with Gasteiger partial charge in [0.15, 0.2) is 17.4 Å². The Morgan fingerprint density at radius 1 is 1.15 bits per heavy atom. The summed E-state index contributed by atoms with van der Waals surface area (Å²) in [7, 11) is 0. The second kappa shape index (κ2) is 6.93. The number of carbonyl (C=O) groups excluding carboxylic acids is 1. The molecule has 4 rings (SSSR count). The summed E-state index contributed by atoms with van der Waals surface area (Å²) in [6.07, 6.45) is 0. The van der Waals surface area contributed by atoms with Crippen molar-refractivity contribution in [2.24, 2.45) is 4.99 Å². The number of Topliss-reactive ketones (excluding diaryl/α,β-unsaturated/α-hetero) is 1. The number of hydrogen-bond donors (Lipinski definition) is 2. The highest BCUT2D eigenvalue weighted by molar-refractivity contribution is 6.02. The fraction of sp³-hybridized carbons (Fsp3) is 0.150. The van der Waals surface area contributed by atoms with Crippen LogP contribution in [0.1, 0.15) is 27.2 Å². The van der Waals surface area contributed by atoms with Gasteiger partial charge in [-0.1, -0.05) is 54.6 Å². The van der Waals surface area contributed by atoms with E-state index in [1.807, 2.05) is 66.5 Å². The minimum atomic E-state index is 0.0624. The zero-order valence-electron chi connectivity index (χ0n) is 14.4. The van der Waals surface area contributed by atoms with E-state index in [9.17, 15) is 4.79 Å². The molecule has 0 saturated carbocycles. The minimum Gasteiger partial charge on any atom is -0.302 e. The molecule has 1 aliphatic rings. The number of benzene rings is 2. The Hall–Kier alpha value is -3.25. The zero-order valence-corrected chi connectivity index (χ0v) is 14.4. The van der Waals surface area contributed by atoms with E-state index < -0.39 is 0 Å². The van der Waals surface area contributed by atoms with Crippen LogP contribution >= 0.6 is 0 Å². The van der Waals surface area contributed by atoms with Crippen LogP contribution in [-0.4, -0.2) is 33.4 Å². The fourth-order valence-electron chi connectivity index (χ4n) is 2.99. The normalized spacial score (nSPS) is 15.5. The van der Waals surface area contributed by atoms with Crippen LogP contribution in [0.15, 0.2) is 65.7 Å². The first-order valence-corrected chi connectivity index (χ1v) is 8.48. The van der Waals surface area contributed by atoms with Gasteiger partial charge in [0, 0.05) is 29.4 Å². The average Bonchev–Trinajstić information content (AvgIpc) is 3.07. The van der Waals surface area contributed by atoms with Crippen LogP contribution in [0.4, 0.5) is 5.82 Å². The molecule has 0 fully saturated rings. The van der Waals surface area contributed by atoms with Crippen molar-refractivity contribution in [2.45, 2.75) is 13.5 Å². The number of hydrogen-bond acceptors (Lipinski definition) is 4. The Labute approximate surface area is 151 Å². The average molecular weight is 345 g/mol. The van der Waals surface area contributed by atoms with E-state index in [0.717, 1.165) is 16.8 Å². The van der Waals surface area contributed by atoms with Gasteiger partial charge in [0.25, 0.3) is 0 Å². The van der Waals surface area contributed by atoms with Crippen molar-refractivity contribution >= 4 is 17.4 Å². The lowest BCUT2D eigenvalue weighted by molar-refractivity contribution is 0.0900. The Morgan fingerprint density at radius 3 is 2.69 bits per heavy atom. The maximum absolute atomic E-state index is 12.6. The Morgan fingerprint density at radius 2 is 1.92 bits per heavy atom. The summed E-state index contributed by atoms with van der Waals surface area (Å²) in [6.45, 7) is 2.83. The van der Waals surface area contributed by atoms with Gasteiger partial charge in [0.1, 0.15) is 0 Å². The number of nitrogens with zero attached hydrogens (tertiary/aromatic N) is 3. The van der Waals surface area contributed by atoms with Crippen LogP contribution in [0.3, 0.4) is 0 Å². The molecule has 0 spiro atoms. The van der Waals surface area contributed by atoms with Gasteiger partial charge in [-0.2, -0.15) is 5.10 Å². The van der Waals surface area contributed by atoms with Crippen LogP contribution in [0.25, 0.3) is 0 Å². The number of nitrogens with one attached hydrogen (secondary N) is 2. The summed E-state index contributed by atoms with van der Waals surface area (Å²) in [5.74, 6) is 1.36. The van der Waals surface area contributed by atoms with Gasteiger partial charge >= 0.3 is 0 Å². The number of aryl methyl sites for hydroxylation is 1. The largest absolute Gasteiger partial charge is 0.302 e. The lowest BCUT2D eigenvalue weighted by atomic mass is 10.0. The van der Waals surface area contributed by atoms with Gasteiger partial charge in [0.2, 0.25) is 0 Å². The molecule has 1 aliphatic heterocycles. The molecule has 0 radical (unpaired) electrons. The predicted octanol–water partition coefficient (Wildman–Crippen LogP) is 3.00. The van der Waals surface area contributed by atoms with E-state index in [2.05, 4.69) is 26.7 Å². The highest BCUT2D eigenvalue weighted by Gasteiger charge is 2.23. The first-order chi connectivity index (χ1) is 12.7. The van der Waals surface area contributed by atoms with Crippen molar-refractivity contribution in [1.29, 1.82) is 0 Å². The minimum absolute atomic E-state index is 0.0624. The topological polar surface area (TPSA) is 73.4 Å². The summed E-state index contributed by atoms with van der Waals surface area (Å²) in [6, 6.07) is 19.3. The summed E-state index contributed by atoms with van der Waals surface area (Å²) in [5, 5.41) is 8.96. The first-order valence-electron chi connectivity index (χ1n) is 8.48. The number of H-pyrrole nitrogens is 1. The second-order valence-corrected chi connectivity index (χ2v) is 6.28. The van der Waals surface area contributed by atoms with Gasteiger partial charge in [-0.25, -0.2) is 10.0 Å². The number of aromatic amines is 1. The summed E-state index contributed by atoms with van der Waals surface area (Å²) in [5.41, 5.74) is 7.08. The van der Waals surface area contributed by atoms with Crippen LogP contribution in [0.2, 0.25) is 0 Å². The van der Waals surface area contributed by atoms with Crippen LogP contribution in [-0.2, 0) is 6.54 Å². The molecule has 6 nitrogen and oxygen atoms in total. The van der Waals surface area contributed by atoms with E-state index in [-0.39, 0.29) is 12.3 Å². The number of amidine groups is 1. The molecule has 0 atom stereocenters. The van der Waals surface area contributed by atoms with E-state index >= 15 is 0 Å². The van der Waals surface area contributed by atoms with Gasteiger partial charge in [-0.3, -0.25) is 9.89 Å². The third kappa shape index (κ3) is 3.41. The molecule has 6 heteroatoms. The number of aromatic nitrogens is 2. The highest BCUT2D eigenvalue weighted by atomic mass is 16.1. The predicted molar refractivity (Wildman–Crippen MR) is 100 cm³/mol. The fourth-order valence-corrected chi connectivity index (χ4v) is 2.99. The molecule has 3 aromatic rings. The smallest absolute Gasteiger partial charge is 0.178 e. The Balaban J connectivity index is 1.61. The summed E-state index contributed by atoms with van der Waals surface area (Å²) < 4.78 is 0. The Bertz CT molecular complexity index is 961. The van der Waals surface area contributed by atoms with Crippen LogP contribution in [0, 0.1) is 6.92 Å². The number of aliphatic imine (C=N–C) groups is 1. The van der Waals surface area contributed by atoms with Crippen molar-refractivity contribution in [3.8, 4) is 0 Å².